The minimum absolute atomic E-state index is 0.0843. The van der Waals surface area contributed by atoms with Gasteiger partial charge in [-0.25, -0.2) is 8.42 Å². The summed E-state index contributed by atoms with van der Waals surface area (Å²) >= 11 is 0. The van der Waals surface area contributed by atoms with E-state index in [0.29, 0.717) is 11.4 Å². The molecule has 0 amide bonds. The van der Waals surface area contributed by atoms with E-state index in [2.05, 4.69) is 15.2 Å². The monoisotopic (exact) mass is 353 g/mol. The zero-order chi connectivity index (χ0) is 18.4. The number of sulfonamides is 1. The molecule has 2 rings (SSSR count). The molecule has 0 atom stereocenters. The lowest BCUT2D eigenvalue weighted by Gasteiger charge is -2.10. The average molecular weight is 353 g/mol. The van der Waals surface area contributed by atoms with Gasteiger partial charge in [0.05, 0.1) is 10.6 Å². The Labute approximate surface area is 146 Å². The third-order valence-corrected chi connectivity index (χ3v) is 4.83. The van der Waals surface area contributed by atoms with Crippen LogP contribution in [0.3, 0.4) is 0 Å². The number of aryl methyl sites for hydroxylation is 2. The Balaban J connectivity index is 2.17. The van der Waals surface area contributed by atoms with Crippen LogP contribution in [0.25, 0.3) is 0 Å². The topological polar surface area (TPSA) is 118 Å². The van der Waals surface area contributed by atoms with E-state index in [1.807, 2.05) is 19.9 Å². The number of nitrogens with zero attached hydrogens (tertiary/aromatic N) is 3. The minimum atomic E-state index is -3.72. The van der Waals surface area contributed by atoms with Gasteiger partial charge in [-0.1, -0.05) is 6.07 Å². The van der Waals surface area contributed by atoms with Crippen molar-refractivity contribution in [2.24, 2.45) is 5.10 Å². The van der Waals surface area contributed by atoms with E-state index in [1.165, 1.54) is 24.3 Å². The van der Waals surface area contributed by atoms with E-state index in [4.69, 9.17) is 10.5 Å². The molecule has 25 heavy (non-hydrogen) atoms. The minimum Gasteiger partial charge on any atom is -0.280 e. The van der Waals surface area contributed by atoms with Gasteiger partial charge in [-0.2, -0.15) is 15.6 Å². The quantitative estimate of drug-likeness (QED) is 0.633. The van der Waals surface area contributed by atoms with Gasteiger partial charge in [-0.3, -0.25) is 10.1 Å². The Bertz CT molecular complexity index is 981. The van der Waals surface area contributed by atoms with Crippen molar-refractivity contribution in [2.45, 2.75) is 18.7 Å². The lowest BCUT2D eigenvalue weighted by molar-refractivity contribution is 0.601. The van der Waals surface area contributed by atoms with Crippen LogP contribution in [0.4, 0.5) is 11.4 Å². The van der Waals surface area contributed by atoms with Crippen LogP contribution in [-0.4, -0.2) is 14.1 Å². The van der Waals surface area contributed by atoms with Crippen LogP contribution in [0.15, 0.2) is 52.5 Å². The van der Waals surface area contributed by atoms with Crippen LogP contribution >= 0.6 is 0 Å². The van der Waals surface area contributed by atoms with Gasteiger partial charge in [0.2, 0.25) is 5.71 Å². The third kappa shape index (κ3) is 4.56. The molecule has 8 heteroatoms. The summed E-state index contributed by atoms with van der Waals surface area (Å²) < 4.78 is 27.4. The predicted molar refractivity (Wildman–Crippen MR) is 95.5 cm³/mol. The number of anilines is 2. The van der Waals surface area contributed by atoms with Crippen molar-refractivity contribution in [2.75, 3.05) is 10.1 Å². The normalized spacial score (nSPS) is 10.2. The molecule has 0 aliphatic carbocycles. The molecular formula is C17H15N5O2S. The molecule has 2 aromatic rings. The zero-order valence-electron chi connectivity index (χ0n) is 13.6. The van der Waals surface area contributed by atoms with Crippen LogP contribution < -0.4 is 10.1 Å². The fraction of sp³-hybridized carbons (Fsp3) is 0.118. The van der Waals surface area contributed by atoms with Crippen molar-refractivity contribution in [1.82, 2.24) is 0 Å². The van der Waals surface area contributed by atoms with Crippen molar-refractivity contribution >= 4 is 27.1 Å². The van der Waals surface area contributed by atoms with Crippen molar-refractivity contribution in [1.29, 1.82) is 10.5 Å². The maximum Gasteiger partial charge on any atom is 0.261 e. The molecular weight excluding hydrogens is 338 g/mol. The van der Waals surface area contributed by atoms with Crippen molar-refractivity contribution in [3.8, 4) is 12.1 Å². The van der Waals surface area contributed by atoms with Gasteiger partial charge in [0.25, 0.3) is 10.0 Å². The molecule has 0 spiro atoms. The Hall–Kier alpha value is -3.36. The molecule has 7 nitrogen and oxygen atoms in total. The van der Waals surface area contributed by atoms with Crippen LogP contribution in [0.5, 0.6) is 0 Å². The number of hydrazone groups is 1. The first kappa shape index (κ1) is 18.0. The van der Waals surface area contributed by atoms with Crippen LogP contribution in [0, 0.1) is 36.5 Å². The van der Waals surface area contributed by atoms with Crippen LogP contribution in [0.1, 0.15) is 11.1 Å². The summed E-state index contributed by atoms with van der Waals surface area (Å²) in [5.74, 6) is 0. The Kier molecular flexibility index (Phi) is 5.38. The molecule has 0 saturated carbocycles. The number of hydrogen-bond donors (Lipinski definition) is 2. The summed E-state index contributed by atoms with van der Waals surface area (Å²) in [6.45, 7) is 3.86. The van der Waals surface area contributed by atoms with Crippen LogP contribution in [-0.2, 0) is 10.0 Å². The number of nitriles is 2. The van der Waals surface area contributed by atoms with Gasteiger partial charge < -0.3 is 0 Å². The molecule has 126 valence electrons. The largest absolute Gasteiger partial charge is 0.280 e. The first-order chi connectivity index (χ1) is 11.9. The first-order valence-corrected chi connectivity index (χ1v) is 8.68. The third-order valence-electron chi connectivity index (χ3n) is 3.43. The predicted octanol–water partition coefficient (Wildman–Crippen LogP) is 2.92. The zero-order valence-corrected chi connectivity index (χ0v) is 14.4. The van der Waals surface area contributed by atoms with E-state index < -0.39 is 10.0 Å². The molecule has 2 aromatic carbocycles. The van der Waals surface area contributed by atoms with Crippen molar-refractivity contribution in [3.05, 3.63) is 53.6 Å². The Morgan fingerprint density at radius 2 is 1.56 bits per heavy atom. The van der Waals surface area contributed by atoms with E-state index in [-0.39, 0.29) is 10.6 Å². The highest BCUT2D eigenvalue weighted by Crippen LogP contribution is 2.20. The van der Waals surface area contributed by atoms with Gasteiger partial charge in [0.1, 0.15) is 12.1 Å². The van der Waals surface area contributed by atoms with Crippen LogP contribution in [0.2, 0.25) is 0 Å². The van der Waals surface area contributed by atoms with Crippen molar-refractivity contribution in [3.63, 3.8) is 0 Å². The van der Waals surface area contributed by atoms with Gasteiger partial charge in [-0.15, -0.1) is 0 Å². The molecule has 0 aromatic heterocycles. The van der Waals surface area contributed by atoms with E-state index >= 15 is 0 Å². The summed E-state index contributed by atoms with van der Waals surface area (Å²) in [6.07, 6.45) is 0. The van der Waals surface area contributed by atoms with Gasteiger partial charge in [0, 0.05) is 5.69 Å². The second-order valence-electron chi connectivity index (χ2n) is 5.22. The summed E-state index contributed by atoms with van der Waals surface area (Å²) in [7, 11) is -3.72. The van der Waals surface area contributed by atoms with Crippen molar-refractivity contribution < 1.29 is 8.42 Å². The maximum atomic E-state index is 12.4. The van der Waals surface area contributed by atoms with E-state index in [0.717, 1.165) is 11.1 Å². The highest BCUT2D eigenvalue weighted by molar-refractivity contribution is 7.92. The molecule has 0 aliphatic heterocycles. The highest BCUT2D eigenvalue weighted by atomic mass is 32.2. The number of nitrogens with one attached hydrogen (secondary N) is 2. The van der Waals surface area contributed by atoms with Gasteiger partial charge in [0.15, 0.2) is 0 Å². The molecule has 0 unspecified atom stereocenters. The highest BCUT2D eigenvalue weighted by Gasteiger charge is 2.14. The number of rotatable bonds is 5. The number of hydrogen-bond acceptors (Lipinski definition) is 6. The smallest absolute Gasteiger partial charge is 0.261 e. The average Bonchev–Trinajstić information content (AvgIpc) is 2.59. The Morgan fingerprint density at radius 1 is 0.960 bits per heavy atom. The fourth-order valence-corrected chi connectivity index (χ4v) is 2.97. The molecule has 0 heterocycles. The lowest BCUT2D eigenvalue weighted by atomic mass is 10.1. The second-order valence-corrected chi connectivity index (χ2v) is 6.91. The molecule has 0 aliphatic rings. The first-order valence-electron chi connectivity index (χ1n) is 7.20. The van der Waals surface area contributed by atoms with Gasteiger partial charge in [-0.05, 0) is 61.4 Å². The van der Waals surface area contributed by atoms with E-state index in [1.54, 1.807) is 24.3 Å². The summed E-state index contributed by atoms with van der Waals surface area (Å²) in [5, 5.41) is 20.8. The molecule has 0 radical (unpaired) electrons. The van der Waals surface area contributed by atoms with Gasteiger partial charge >= 0.3 is 0 Å². The maximum absolute atomic E-state index is 12.4. The second kappa shape index (κ2) is 7.47. The number of benzene rings is 2. The molecule has 0 saturated heterocycles. The summed E-state index contributed by atoms with van der Waals surface area (Å²) in [4.78, 5) is 0.0843. The molecule has 0 bridgehead atoms. The standard InChI is InChI=1S/C17H15N5O2S/c1-12-3-4-15(9-13(12)2)22-25(23,24)17-7-5-14(6-8-17)20-21-16(10-18)11-19/h3-9,20,22H,1-2H3. The SMILES string of the molecule is Cc1ccc(NS(=O)(=O)c2ccc(NN=C(C#N)C#N)cc2)cc1C. The molecule has 2 N–H and O–H groups in total. The lowest BCUT2D eigenvalue weighted by Crippen LogP contribution is -2.13. The molecule has 0 fully saturated rings. The fourth-order valence-electron chi connectivity index (χ4n) is 1.92. The summed E-state index contributed by atoms with van der Waals surface area (Å²) in [5.41, 5.74) is 5.20. The summed E-state index contributed by atoms with van der Waals surface area (Å²) in [6, 6.07) is 14.3. The van der Waals surface area contributed by atoms with E-state index in [9.17, 15) is 8.42 Å². The Morgan fingerprint density at radius 3 is 2.12 bits per heavy atom.